The van der Waals surface area contributed by atoms with Crippen LogP contribution in [0.5, 0.6) is 0 Å². The largest absolute Gasteiger partial charge is 0.394 e. The number of aryl methyl sites for hydroxylation is 1. The third kappa shape index (κ3) is 4.92. The van der Waals surface area contributed by atoms with E-state index in [0.29, 0.717) is 22.4 Å². The molecule has 2 heterocycles. The molecule has 36 heavy (non-hydrogen) atoms. The molecule has 2 fully saturated rings. The van der Waals surface area contributed by atoms with E-state index in [0.717, 1.165) is 11.8 Å². The van der Waals surface area contributed by atoms with Crippen molar-refractivity contribution in [1.82, 2.24) is 25.0 Å². The Kier molecular flexibility index (Phi) is 5.03. The first-order valence-corrected chi connectivity index (χ1v) is 12.3. The number of fused-ring (bicyclic) bond motifs is 1. The Morgan fingerprint density at radius 3 is 2.92 bits per heavy atom. The highest BCUT2D eigenvalue weighted by atomic mass is 32.2. The molecule has 2 aliphatic rings. The van der Waals surface area contributed by atoms with Crippen LogP contribution in [0.15, 0.2) is 23.4 Å². The number of benzene rings is 1. The Bertz CT molecular complexity index is 1620. The lowest BCUT2D eigenvalue weighted by molar-refractivity contribution is -0.0629. The lowest BCUT2D eigenvalue weighted by atomic mass is 10.1. The molecule has 194 valence electrons. The summed E-state index contributed by atoms with van der Waals surface area (Å²) in [5.74, 6) is -1.81. The van der Waals surface area contributed by atoms with Crippen molar-refractivity contribution in [3.8, 4) is 0 Å². The zero-order valence-corrected chi connectivity index (χ0v) is 20.4. The van der Waals surface area contributed by atoms with E-state index in [4.69, 9.17) is 15.7 Å². The molecule has 0 saturated heterocycles. The van der Waals surface area contributed by atoms with Crippen molar-refractivity contribution in [3.63, 3.8) is 0 Å². The second-order valence-electron chi connectivity index (χ2n) is 8.17. The number of halogens is 1. The monoisotopic (exact) mass is 526 g/mol. The molecular weight excluding hydrogens is 487 g/mol. The molecule has 4 N–H and O–H groups in total. The summed E-state index contributed by atoms with van der Waals surface area (Å²) in [6, 6.07) is -1.02. The number of nitrogens with one attached hydrogen (secondary N) is 1. The minimum atomic E-state index is -3.84. The summed E-state index contributed by atoms with van der Waals surface area (Å²) in [6.07, 6.45) is -14.1. The van der Waals surface area contributed by atoms with Gasteiger partial charge in [0.25, 0.3) is 0 Å². The summed E-state index contributed by atoms with van der Waals surface area (Å²) in [5.41, 5.74) is -0.108. The summed E-state index contributed by atoms with van der Waals surface area (Å²) < 4.78 is 89.3. The summed E-state index contributed by atoms with van der Waals surface area (Å²) in [4.78, 5) is 8.70. The second-order valence-corrected chi connectivity index (χ2v) is 9.23. The molecule has 0 bridgehead atoms. The molecule has 1 aromatic carbocycles. The first-order chi connectivity index (χ1) is 20.3. The Morgan fingerprint density at radius 1 is 1.33 bits per heavy atom. The quantitative estimate of drug-likeness (QED) is 0.230. The zero-order valence-electron chi connectivity index (χ0n) is 27.5. The third-order valence-electron chi connectivity index (χ3n) is 5.54. The van der Waals surface area contributed by atoms with Gasteiger partial charge in [-0.15, -0.1) is 5.10 Å². The van der Waals surface area contributed by atoms with E-state index in [1.165, 1.54) is 12.1 Å². The Hall–Kier alpha value is -2.38. The van der Waals surface area contributed by atoms with Gasteiger partial charge in [-0.25, -0.2) is 19.0 Å². The molecule has 2 saturated carbocycles. The fraction of sp³-hybridized carbons (Fsp3) is 0.583. The van der Waals surface area contributed by atoms with E-state index >= 15 is 0 Å². The number of aromatic nitrogens is 5. The minimum Gasteiger partial charge on any atom is -0.394 e. The number of hydrogen-bond acceptors (Lipinski definition) is 10. The molecule has 0 unspecified atom stereocenters. The number of aliphatic hydroxyl groups excluding tert-OH is 1. The van der Waals surface area contributed by atoms with Crippen molar-refractivity contribution in [2.45, 2.75) is 74.4 Å². The first-order valence-electron chi connectivity index (χ1n) is 15.3. The number of nitrogens with zero attached hydrogens (tertiary/aromatic N) is 5. The van der Waals surface area contributed by atoms with Gasteiger partial charge in [-0.1, -0.05) is 36.0 Å². The van der Waals surface area contributed by atoms with Gasteiger partial charge in [0, 0.05) is 28.1 Å². The summed E-state index contributed by atoms with van der Waals surface area (Å²) in [6.45, 7) is 1.92. The van der Waals surface area contributed by atoms with Gasteiger partial charge < -0.3 is 25.4 Å². The maximum absolute atomic E-state index is 14.3. The van der Waals surface area contributed by atoms with Crippen molar-refractivity contribution >= 4 is 28.7 Å². The van der Waals surface area contributed by atoms with E-state index in [2.05, 4.69) is 25.6 Å². The van der Waals surface area contributed by atoms with Crippen LogP contribution in [-0.4, -0.2) is 83.5 Å². The minimum absolute atomic E-state index is 0.0251. The van der Waals surface area contributed by atoms with Gasteiger partial charge in [0.2, 0.25) is 0 Å². The van der Waals surface area contributed by atoms with Gasteiger partial charge in [0.15, 0.2) is 22.1 Å². The maximum atomic E-state index is 14.3. The van der Waals surface area contributed by atoms with Gasteiger partial charge in [-0.2, -0.15) is 0 Å². The van der Waals surface area contributed by atoms with E-state index in [1.807, 2.05) is 6.92 Å². The molecule has 10 nitrogen and oxygen atoms in total. The Morgan fingerprint density at radius 2 is 2.17 bits per heavy atom. The fourth-order valence-corrected chi connectivity index (χ4v) is 4.29. The number of hydrogen-bond donors (Lipinski definition) is 4. The topological polar surface area (TPSA) is 138 Å². The Labute approximate surface area is 223 Å². The second kappa shape index (κ2) is 10.5. The van der Waals surface area contributed by atoms with Crippen molar-refractivity contribution < 1.29 is 35.4 Å². The van der Waals surface area contributed by atoms with Gasteiger partial charge in [-0.3, -0.25) is 0 Å². The molecule has 3 aromatic rings. The summed E-state index contributed by atoms with van der Waals surface area (Å²) in [5, 5.41) is 41.8. The van der Waals surface area contributed by atoms with E-state index in [1.54, 1.807) is 13.0 Å². The fourth-order valence-electron chi connectivity index (χ4n) is 3.59. The van der Waals surface area contributed by atoms with Crippen LogP contribution in [0.1, 0.15) is 60.1 Å². The average molecular weight is 527 g/mol. The van der Waals surface area contributed by atoms with Crippen LogP contribution in [0, 0.1) is 12.7 Å². The summed E-state index contributed by atoms with van der Waals surface area (Å²) in [7, 11) is 0. The third-order valence-corrected chi connectivity index (χ3v) is 6.60. The number of ether oxygens (including phenoxy) is 1. The van der Waals surface area contributed by atoms with Crippen molar-refractivity contribution in [2.75, 3.05) is 24.3 Å². The zero-order chi connectivity index (χ0) is 32.7. The van der Waals surface area contributed by atoms with Crippen LogP contribution in [-0.2, 0) is 4.74 Å². The number of rotatable bonds is 10. The average Bonchev–Trinajstić information content (AvgIpc) is 3.25. The predicted molar refractivity (Wildman–Crippen MR) is 133 cm³/mol. The van der Waals surface area contributed by atoms with Crippen LogP contribution in [0.4, 0.5) is 10.2 Å². The van der Waals surface area contributed by atoms with Crippen LogP contribution in [0.3, 0.4) is 0 Å². The SMILES string of the molecule is [2H]C1([2H])[C@]([2H])(OCCO)[C@@]([2H])(O)[C@@]([2H])(O)[C@]1([2H])n1nnc2c(N[C@]3([2H])C[C@@]3([2H])c3ccc(C)c(F)c3)nc(SCCC)nc21. The van der Waals surface area contributed by atoms with Crippen molar-refractivity contribution in [3.05, 3.63) is 35.1 Å². The predicted octanol–water partition coefficient (Wildman–Crippen LogP) is 2.18. The molecule has 12 heteroatoms. The van der Waals surface area contributed by atoms with E-state index in [9.17, 15) is 19.7 Å². The van der Waals surface area contributed by atoms with Crippen molar-refractivity contribution in [2.24, 2.45) is 0 Å². The van der Waals surface area contributed by atoms with Gasteiger partial charge >= 0.3 is 0 Å². The number of aliphatic hydroxyl groups is 3. The van der Waals surface area contributed by atoms with E-state index in [-0.39, 0.29) is 28.5 Å². The first kappa shape index (κ1) is 17.2. The molecule has 0 radical (unpaired) electrons. The smallest absolute Gasteiger partial charge is 0.191 e. The molecular formula is C24H31FN6O4S. The van der Waals surface area contributed by atoms with Crippen LogP contribution in [0.25, 0.3) is 11.2 Å². The van der Waals surface area contributed by atoms with Crippen LogP contribution < -0.4 is 5.32 Å². The van der Waals surface area contributed by atoms with Gasteiger partial charge in [0.05, 0.1) is 32.2 Å². The molecule has 2 aliphatic carbocycles. The standard InChI is InChI=1S/C24H31FN6O4S/c1-3-8-36-24-27-22(26-16-10-14(16)13-5-4-12(2)15(25)9-13)19-23(28-24)31(30-29-19)17-11-18(35-7-6-32)21(34)20(17)33/h4-5,9,14,16-18,20-21,32-34H,3,6-8,10-11H2,1-2H3,(H,26,27,28)/t14-,16+,17+,18-,20-,21+/m0/s1/i11D2,14D,16D,17D,18D,20D,21D. The highest BCUT2D eigenvalue weighted by Crippen LogP contribution is 2.44. The Balaban J connectivity index is 1.66. The van der Waals surface area contributed by atoms with Crippen LogP contribution in [0.2, 0.25) is 0 Å². The maximum Gasteiger partial charge on any atom is 0.191 e. The number of anilines is 1. The lowest BCUT2D eigenvalue weighted by Gasteiger charge is -2.17. The normalized spacial score (nSPS) is 44.5. The van der Waals surface area contributed by atoms with Gasteiger partial charge in [0.1, 0.15) is 18.0 Å². The van der Waals surface area contributed by atoms with E-state index < -0.39 is 67.2 Å². The van der Waals surface area contributed by atoms with Crippen LogP contribution >= 0.6 is 11.8 Å². The molecule has 6 atom stereocenters. The molecule has 0 amide bonds. The van der Waals surface area contributed by atoms with Gasteiger partial charge in [-0.05, 0) is 37.0 Å². The lowest BCUT2D eigenvalue weighted by Crippen LogP contribution is -2.33. The highest BCUT2D eigenvalue weighted by molar-refractivity contribution is 7.99. The van der Waals surface area contributed by atoms with Crippen molar-refractivity contribution in [1.29, 1.82) is 0 Å². The molecule has 0 spiro atoms. The molecule has 0 aliphatic heterocycles. The molecule has 5 rings (SSSR count). The summed E-state index contributed by atoms with van der Waals surface area (Å²) >= 11 is 1.13. The number of thioether (sulfide) groups is 1. The molecule has 2 aromatic heterocycles. The highest BCUT2D eigenvalue weighted by Gasteiger charge is 2.45.